The van der Waals surface area contributed by atoms with Crippen LogP contribution in [0.1, 0.15) is 42.5 Å². The Hall–Kier alpha value is -1.84. The summed E-state index contributed by atoms with van der Waals surface area (Å²) in [6, 6.07) is 17.0. The molecule has 0 bridgehead atoms. The molecule has 0 radical (unpaired) electrons. The molecule has 0 saturated heterocycles. The van der Waals surface area contributed by atoms with Crippen LogP contribution in [-0.4, -0.2) is 24.4 Å². The Morgan fingerprint density at radius 2 is 1.96 bits per heavy atom. The molecule has 0 aliphatic heterocycles. The molecule has 0 fully saturated rings. The van der Waals surface area contributed by atoms with Crippen molar-refractivity contribution < 1.29 is 9.84 Å². The highest BCUT2D eigenvalue weighted by atomic mass is 16.5. The third kappa shape index (κ3) is 4.16. The van der Waals surface area contributed by atoms with Crippen LogP contribution in [0.2, 0.25) is 0 Å². The fourth-order valence-corrected chi connectivity index (χ4v) is 3.43. The number of aryl methyl sites for hydroxylation is 2. The van der Waals surface area contributed by atoms with Gasteiger partial charge in [-0.1, -0.05) is 49.4 Å². The van der Waals surface area contributed by atoms with Crippen LogP contribution in [0.3, 0.4) is 0 Å². The number of benzene rings is 2. The number of nitrogens with one attached hydrogen (secondary N) is 1. The molecule has 24 heavy (non-hydrogen) atoms. The minimum absolute atomic E-state index is 0.318. The van der Waals surface area contributed by atoms with Crippen molar-refractivity contribution in [1.82, 2.24) is 5.32 Å². The smallest absolute Gasteiger partial charge is 0.122 e. The molecule has 128 valence electrons. The van der Waals surface area contributed by atoms with E-state index >= 15 is 0 Å². The van der Waals surface area contributed by atoms with E-state index in [1.807, 2.05) is 18.2 Å². The Bertz CT molecular complexity index is 656. The summed E-state index contributed by atoms with van der Waals surface area (Å²) < 4.78 is 5.81. The Morgan fingerprint density at radius 3 is 2.83 bits per heavy atom. The Labute approximate surface area is 144 Å². The van der Waals surface area contributed by atoms with Crippen molar-refractivity contribution in [2.24, 2.45) is 0 Å². The largest absolute Gasteiger partial charge is 0.491 e. The minimum Gasteiger partial charge on any atom is -0.491 e. The molecule has 0 spiro atoms. The average Bonchev–Trinajstić information content (AvgIpc) is 2.64. The third-order valence-electron chi connectivity index (χ3n) is 4.75. The summed E-state index contributed by atoms with van der Waals surface area (Å²) in [6.45, 7) is 2.98. The summed E-state index contributed by atoms with van der Waals surface area (Å²) in [6.07, 6.45) is 3.91. The summed E-state index contributed by atoms with van der Waals surface area (Å²) >= 11 is 0. The van der Waals surface area contributed by atoms with E-state index in [0.29, 0.717) is 19.2 Å². The van der Waals surface area contributed by atoms with Crippen molar-refractivity contribution in [3.63, 3.8) is 0 Å². The first-order valence-electron chi connectivity index (χ1n) is 8.98. The van der Waals surface area contributed by atoms with Crippen LogP contribution in [0.25, 0.3) is 0 Å². The summed E-state index contributed by atoms with van der Waals surface area (Å²) in [5.41, 5.74) is 4.00. The van der Waals surface area contributed by atoms with Gasteiger partial charge in [0.25, 0.3) is 0 Å². The molecule has 1 aliphatic carbocycles. The lowest BCUT2D eigenvalue weighted by atomic mass is 9.88. The van der Waals surface area contributed by atoms with Crippen LogP contribution in [0.15, 0.2) is 48.5 Å². The van der Waals surface area contributed by atoms with Gasteiger partial charge in [-0.05, 0) is 48.4 Å². The molecule has 1 aliphatic rings. The molecule has 0 aromatic heterocycles. The highest BCUT2D eigenvalue weighted by Gasteiger charge is 2.20. The number of aliphatic hydroxyl groups is 1. The Kier molecular flexibility index (Phi) is 5.89. The van der Waals surface area contributed by atoms with E-state index in [2.05, 4.69) is 42.6 Å². The van der Waals surface area contributed by atoms with Crippen LogP contribution in [-0.2, 0) is 12.8 Å². The maximum absolute atomic E-state index is 10.3. The van der Waals surface area contributed by atoms with Gasteiger partial charge in [-0.15, -0.1) is 0 Å². The molecule has 3 heteroatoms. The van der Waals surface area contributed by atoms with Gasteiger partial charge in [0.15, 0.2) is 0 Å². The predicted octanol–water partition coefficient (Wildman–Crippen LogP) is 3.66. The van der Waals surface area contributed by atoms with E-state index in [0.717, 1.165) is 25.0 Å². The first-order valence-corrected chi connectivity index (χ1v) is 8.98. The molecular formula is C21H27NO2. The fourth-order valence-electron chi connectivity index (χ4n) is 3.43. The summed E-state index contributed by atoms with van der Waals surface area (Å²) in [7, 11) is 0. The first kappa shape index (κ1) is 17.0. The van der Waals surface area contributed by atoms with Gasteiger partial charge in [-0.3, -0.25) is 0 Å². The zero-order chi connectivity index (χ0) is 16.8. The van der Waals surface area contributed by atoms with Crippen LogP contribution in [0.5, 0.6) is 5.75 Å². The van der Waals surface area contributed by atoms with Crippen molar-refractivity contribution in [1.29, 1.82) is 0 Å². The molecule has 3 nitrogen and oxygen atoms in total. The zero-order valence-electron chi connectivity index (χ0n) is 14.4. The van der Waals surface area contributed by atoms with Crippen LogP contribution < -0.4 is 10.1 Å². The number of para-hydroxylation sites is 1. The van der Waals surface area contributed by atoms with Crippen LogP contribution in [0, 0.1) is 0 Å². The van der Waals surface area contributed by atoms with E-state index in [1.165, 1.54) is 23.1 Å². The average molecular weight is 325 g/mol. The van der Waals surface area contributed by atoms with Crippen molar-refractivity contribution in [3.05, 3.63) is 65.2 Å². The number of ether oxygens (including phenoxy) is 1. The van der Waals surface area contributed by atoms with Crippen molar-refractivity contribution in [2.75, 3.05) is 13.2 Å². The molecule has 2 aromatic rings. The lowest BCUT2D eigenvalue weighted by Crippen LogP contribution is -2.35. The number of rotatable bonds is 7. The van der Waals surface area contributed by atoms with E-state index in [4.69, 9.17) is 4.74 Å². The maximum Gasteiger partial charge on any atom is 0.122 e. The standard InChI is InChI=1S/C21H27NO2/c1-2-16-8-4-6-13-21(16)24-15-18(23)14-22-20-12-7-10-17-9-3-5-11-19(17)20/h3-6,8-9,11,13,18,20,22-23H,2,7,10,12,14-15H2,1H3/t18-,20-/m1/s1. The van der Waals surface area contributed by atoms with E-state index < -0.39 is 6.10 Å². The van der Waals surface area contributed by atoms with E-state index in [1.54, 1.807) is 0 Å². The van der Waals surface area contributed by atoms with E-state index in [-0.39, 0.29) is 0 Å². The molecular weight excluding hydrogens is 298 g/mol. The SMILES string of the molecule is CCc1ccccc1OC[C@H](O)CN[C@@H]1CCCc2ccccc21. The number of hydrogen-bond acceptors (Lipinski definition) is 3. The minimum atomic E-state index is -0.510. The van der Waals surface area contributed by atoms with Gasteiger partial charge in [-0.2, -0.15) is 0 Å². The number of fused-ring (bicyclic) bond motifs is 1. The molecule has 0 unspecified atom stereocenters. The second kappa shape index (κ2) is 8.32. The quantitative estimate of drug-likeness (QED) is 0.816. The third-order valence-corrected chi connectivity index (χ3v) is 4.75. The predicted molar refractivity (Wildman–Crippen MR) is 97.4 cm³/mol. The molecule has 0 heterocycles. The second-order valence-corrected chi connectivity index (χ2v) is 6.48. The Balaban J connectivity index is 1.50. The maximum atomic E-state index is 10.3. The van der Waals surface area contributed by atoms with Crippen LogP contribution in [0.4, 0.5) is 0 Å². The van der Waals surface area contributed by atoms with Gasteiger partial charge >= 0.3 is 0 Å². The monoisotopic (exact) mass is 325 g/mol. The van der Waals surface area contributed by atoms with Crippen molar-refractivity contribution in [2.45, 2.75) is 44.8 Å². The van der Waals surface area contributed by atoms with Gasteiger partial charge in [-0.25, -0.2) is 0 Å². The molecule has 2 atom stereocenters. The van der Waals surface area contributed by atoms with Gasteiger partial charge in [0.05, 0.1) is 0 Å². The van der Waals surface area contributed by atoms with Gasteiger partial charge in [0.1, 0.15) is 18.5 Å². The molecule has 3 rings (SSSR count). The lowest BCUT2D eigenvalue weighted by Gasteiger charge is -2.27. The normalized spacial score (nSPS) is 18.0. The molecule has 2 N–H and O–H groups in total. The fraction of sp³-hybridized carbons (Fsp3) is 0.429. The van der Waals surface area contributed by atoms with Gasteiger partial charge in [0, 0.05) is 12.6 Å². The van der Waals surface area contributed by atoms with Crippen LogP contribution >= 0.6 is 0 Å². The van der Waals surface area contributed by atoms with Crippen molar-refractivity contribution in [3.8, 4) is 5.75 Å². The highest BCUT2D eigenvalue weighted by molar-refractivity contribution is 5.33. The Morgan fingerprint density at radius 1 is 1.17 bits per heavy atom. The summed E-state index contributed by atoms with van der Waals surface area (Å²) in [5.74, 6) is 0.877. The van der Waals surface area contributed by atoms with Gasteiger partial charge < -0.3 is 15.2 Å². The lowest BCUT2D eigenvalue weighted by molar-refractivity contribution is 0.102. The molecule has 0 amide bonds. The highest BCUT2D eigenvalue weighted by Crippen LogP contribution is 2.29. The summed E-state index contributed by atoms with van der Waals surface area (Å²) in [4.78, 5) is 0. The second-order valence-electron chi connectivity index (χ2n) is 6.48. The van der Waals surface area contributed by atoms with Gasteiger partial charge in [0.2, 0.25) is 0 Å². The molecule has 2 aromatic carbocycles. The molecule has 0 saturated carbocycles. The number of aliphatic hydroxyl groups excluding tert-OH is 1. The first-order chi connectivity index (χ1) is 11.8. The topological polar surface area (TPSA) is 41.5 Å². The van der Waals surface area contributed by atoms with E-state index in [9.17, 15) is 5.11 Å². The zero-order valence-corrected chi connectivity index (χ0v) is 14.4. The van der Waals surface area contributed by atoms with Crippen molar-refractivity contribution >= 4 is 0 Å². The summed E-state index contributed by atoms with van der Waals surface area (Å²) in [5, 5.41) is 13.8. The number of hydrogen-bond donors (Lipinski definition) is 2.